The summed E-state index contributed by atoms with van der Waals surface area (Å²) in [6.45, 7) is 0.767. The summed E-state index contributed by atoms with van der Waals surface area (Å²) < 4.78 is 1.08. The van der Waals surface area contributed by atoms with Crippen LogP contribution in [0.5, 0.6) is 0 Å². The molecular formula is C14H16N4O3. The van der Waals surface area contributed by atoms with E-state index in [1.165, 1.54) is 0 Å². The molecule has 1 unspecified atom stereocenters. The first-order chi connectivity index (χ1) is 10.1. The Kier molecular flexibility index (Phi) is 3.66. The highest BCUT2D eigenvalue weighted by Crippen LogP contribution is 2.10. The molecule has 21 heavy (non-hydrogen) atoms. The lowest BCUT2D eigenvalue weighted by atomic mass is 10.1. The molecule has 0 radical (unpaired) electrons. The minimum absolute atomic E-state index is 0.149. The average molecular weight is 288 g/mol. The Morgan fingerprint density at radius 1 is 1.38 bits per heavy atom. The van der Waals surface area contributed by atoms with Gasteiger partial charge in [0.05, 0.1) is 11.5 Å². The third-order valence-corrected chi connectivity index (χ3v) is 3.66. The number of carbonyl (C=O) groups excluding carboxylic acids is 1. The minimum Gasteiger partial charge on any atom is -0.391 e. The van der Waals surface area contributed by atoms with Crippen molar-refractivity contribution in [1.29, 1.82) is 0 Å². The Balaban J connectivity index is 1.83. The van der Waals surface area contributed by atoms with Crippen LogP contribution in [0.1, 0.15) is 12.8 Å². The Morgan fingerprint density at radius 2 is 2.19 bits per heavy atom. The Labute approximate surface area is 120 Å². The van der Waals surface area contributed by atoms with Crippen molar-refractivity contribution < 1.29 is 9.90 Å². The number of nitrogens with zero attached hydrogens (tertiary/aromatic N) is 4. The molecule has 7 nitrogen and oxygen atoms in total. The fraction of sp³-hybridized carbons (Fsp3) is 0.429. The molecule has 110 valence electrons. The fourth-order valence-electron chi connectivity index (χ4n) is 2.54. The largest absolute Gasteiger partial charge is 0.391 e. The average Bonchev–Trinajstić information content (AvgIpc) is 2.50. The van der Waals surface area contributed by atoms with Crippen molar-refractivity contribution in [2.45, 2.75) is 25.5 Å². The molecule has 0 spiro atoms. The van der Waals surface area contributed by atoms with Gasteiger partial charge < -0.3 is 10.0 Å². The summed E-state index contributed by atoms with van der Waals surface area (Å²) in [5.41, 5.74) is 0.186. The number of rotatable bonds is 2. The van der Waals surface area contributed by atoms with Crippen LogP contribution in [0.25, 0.3) is 10.9 Å². The highest BCUT2D eigenvalue weighted by Gasteiger charge is 2.22. The summed E-state index contributed by atoms with van der Waals surface area (Å²) in [7, 11) is 0. The smallest absolute Gasteiger partial charge is 0.278 e. The molecule has 1 aromatic carbocycles. The van der Waals surface area contributed by atoms with Gasteiger partial charge in [-0.2, -0.15) is 0 Å². The van der Waals surface area contributed by atoms with E-state index in [0.29, 0.717) is 30.4 Å². The van der Waals surface area contributed by atoms with Crippen LogP contribution in [-0.2, 0) is 11.3 Å². The van der Waals surface area contributed by atoms with Crippen molar-refractivity contribution in [1.82, 2.24) is 19.9 Å². The third kappa shape index (κ3) is 2.78. The van der Waals surface area contributed by atoms with Crippen LogP contribution in [0, 0.1) is 0 Å². The Hall–Kier alpha value is -2.28. The number of aliphatic hydroxyl groups excluding tert-OH is 1. The summed E-state index contributed by atoms with van der Waals surface area (Å²) in [6.07, 6.45) is 0.993. The second-order valence-corrected chi connectivity index (χ2v) is 5.21. The van der Waals surface area contributed by atoms with Crippen LogP contribution in [-0.4, -0.2) is 50.1 Å². The fourth-order valence-corrected chi connectivity index (χ4v) is 2.54. The first-order valence-electron chi connectivity index (χ1n) is 6.93. The summed E-state index contributed by atoms with van der Waals surface area (Å²) >= 11 is 0. The van der Waals surface area contributed by atoms with E-state index in [4.69, 9.17) is 0 Å². The number of likely N-dealkylation sites (tertiary alicyclic amines) is 1. The lowest BCUT2D eigenvalue weighted by molar-refractivity contribution is -0.135. The lowest BCUT2D eigenvalue weighted by Gasteiger charge is -2.30. The van der Waals surface area contributed by atoms with Crippen molar-refractivity contribution in [3.05, 3.63) is 34.6 Å². The van der Waals surface area contributed by atoms with Gasteiger partial charge in [-0.3, -0.25) is 9.59 Å². The maximum absolute atomic E-state index is 12.3. The molecule has 1 fully saturated rings. The number of β-amino-alcohol motifs (C(OH)–C–C–N with tert-alkyl or cyclic N) is 1. The number of carbonyl (C=O) groups is 1. The number of benzene rings is 1. The number of amides is 1. The zero-order chi connectivity index (χ0) is 14.8. The normalized spacial score (nSPS) is 18.9. The first kappa shape index (κ1) is 13.7. The van der Waals surface area contributed by atoms with Gasteiger partial charge in [-0.25, -0.2) is 4.68 Å². The van der Waals surface area contributed by atoms with Crippen molar-refractivity contribution >= 4 is 16.8 Å². The quantitative estimate of drug-likeness (QED) is 0.825. The SMILES string of the molecule is O=C(Cn1nnc2ccccc2c1=O)N1CCCC(O)C1. The van der Waals surface area contributed by atoms with Crippen LogP contribution in [0.3, 0.4) is 0 Å². The van der Waals surface area contributed by atoms with E-state index in [1.54, 1.807) is 29.2 Å². The van der Waals surface area contributed by atoms with E-state index < -0.39 is 6.10 Å². The predicted octanol–water partition coefficient (Wildman–Crippen LogP) is -0.225. The summed E-state index contributed by atoms with van der Waals surface area (Å²) in [5, 5.41) is 17.8. The van der Waals surface area contributed by atoms with Gasteiger partial charge in [0.15, 0.2) is 0 Å². The number of aliphatic hydroxyl groups is 1. The van der Waals surface area contributed by atoms with Gasteiger partial charge in [-0.15, -0.1) is 5.10 Å². The maximum Gasteiger partial charge on any atom is 0.278 e. The molecule has 0 bridgehead atoms. The highest BCUT2D eigenvalue weighted by atomic mass is 16.3. The molecule has 1 aliphatic heterocycles. The molecular weight excluding hydrogens is 272 g/mol. The number of piperidine rings is 1. The van der Waals surface area contributed by atoms with E-state index in [1.807, 2.05) is 0 Å². The van der Waals surface area contributed by atoms with Crippen molar-refractivity contribution in [2.24, 2.45) is 0 Å². The second kappa shape index (κ2) is 5.61. The molecule has 0 aliphatic carbocycles. The number of hydrogen-bond acceptors (Lipinski definition) is 5. The molecule has 0 saturated carbocycles. The van der Waals surface area contributed by atoms with Gasteiger partial charge in [0.25, 0.3) is 5.56 Å². The van der Waals surface area contributed by atoms with Gasteiger partial charge in [0, 0.05) is 13.1 Å². The minimum atomic E-state index is -0.484. The first-order valence-corrected chi connectivity index (χ1v) is 6.93. The summed E-state index contributed by atoms with van der Waals surface area (Å²) in [5.74, 6) is -0.222. The van der Waals surface area contributed by atoms with Crippen molar-refractivity contribution in [3.63, 3.8) is 0 Å². The van der Waals surface area contributed by atoms with Crippen LogP contribution in [0.15, 0.2) is 29.1 Å². The third-order valence-electron chi connectivity index (χ3n) is 3.66. The van der Waals surface area contributed by atoms with Gasteiger partial charge in [-0.05, 0) is 25.0 Å². The van der Waals surface area contributed by atoms with Gasteiger partial charge in [0.1, 0.15) is 12.1 Å². The monoisotopic (exact) mass is 288 g/mol. The predicted molar refractivity (Wildman–Crippen MR) is 75.6 cm³/mol. The van der Waals surface area contributed by atoms with Crippen LogP contribution < -0.4 is 5.56 Å². The zero-order valence-corrected chi connectivity index (χ0v) is 11.5. The maximum atomic E-state index is 12.3. The Morgan fingerprint density at radius 3 is 3.00 bits per heavy atom. The van der Waals surface area contributed by atoms with Crippen molar-refractivity contribution in [3.8, 4) is 0 Å². The number of hydrogen-bond donors (Lipinski definition) is 1. The molecule has 1 saturated heterocycles. The molecule has 1 atom stereocenters. The summed E-state index contributed by atoms with van der Waals surface area (Å²) in [4.78, 5) is 26.0. The number of aromatic nitrogens is 3. The molecule has 7 heteroatoms. The van der Waals surface area contributed by atoms with E-state index in [2.05, 4.69) is 10.3 Å². The van der Waals surface area contributed by atoms with Crippen LogP contribution >= 0.6 is 0 Å². The topological polar surface area (TPSA) is 88.3 Å². The van der Waals surface area contributed by atoms with Gasteiger partial charge >= 0.3 is 0 Å². The molecule has 1 amide bonds. The summed E-state index contributed by atoms with van der Waals surface area (Å²) in [6, 6.07) is 6.90. The lowest BCUT2D eigenvalue weighted by Crippen LogP contribution is -2.44. The highest BCUT2D eigenvalue weighted by molar-refractivity contribution is 5.78. The number of fused-ring (bicyclic) bond motifs is 1. The molecule has 3 rings (SSSR count). The van der Waals surface area contributed by atoms with Crippen LogP contribution in [0.4, 0.5) is 0 Å². The van der Waals surface area contributed by atoms with Gasteiger partial charge in [0.2, 0.25) is 5.91 Å². The second-order valence-electron chi connectivity index (χ2n) is 5.21. The molecule has 1 aliphatic rings. The van der Waals surface area contributed by atoms with E-state index >= 15 is 0 Å². The van der Waals surface area contributed by atoms with E-state index in [-0.39, 0.29) is 18.0 Å². The van der Waals surface area contributed by atoms with Crippen molar-refractivity contribution in [2.75, 3.05) is 13.1 Å². The van der Waals surface area contributed by atoms with Gasteiger partial charge in [-0.1, -0.05) is 17.3 Å². The van der Waals surface area contributed by atoms with E-state index in [9.17, 15) is 14.7 Å². The Bertz CT molecular complexity index is 727. The molecule has 2 heterocycles. The van der Waals surface area contributed by atoms with E-state index in [0.717, 1.165) is 11.1 Å². The van der Waals surface area contributed by atoms with Crippen LogP contribution in [0.2, 0.25) is 0 Å². The zero-order valence-electron chi connectivity index (χ0n) is 11.5. The molecule has 2 aromatic rings. The standard InChI is InChI=1S/C14H16N4O3/c19-10-4-3-7-17(8-10)13(20)9-18-14(21)11-5-1-2-6-12(11)15-16-18/h1-2,5-6,10,19H,3-4,7-9H2. The molecule has 1 aromatic heterocycles. The molecule has 1 N–H and O–H groups in total.